The number of piperazine rings is 1. The Bertz CT molecular complexity index is 914. The van der Waals surface area contributed by atoms with Gasteiger partial charge in [0.05, 0.1) is 6.54 Å². The molecule has 4 rings (SSSR count). The van der Waals surface area contributed by atoms with E-state index in [-0.39, 0.29) is 11.8 Å². The Kier molecular flexibility index (Phi) is 7.55. The van der Waals surface area contributed by atoms with Gasteiger partial charge in [0.1, 0.15) is 0 Å². The van der Waals surface area contributed by atoms with E-state index in [1.165, 1.54) is 11.1 Å². The molecule has 2 aromatic rings. The van der Waals surface area contributed by atoms with Gasteiger partial charge in [-0.3, -0.25) is 19.4 Å². The average Bonchev–Trinajstić information content (AvgIpc) is 3.35. The molecule has 0 radical (unpaired) electrons. The van der Waals surface area contributed by atoms with E-state index in [1.54, 1.807) is 0 Å². The van der Waals surface area contributed by atoms with Gasteiger partial charge >= 0.3 is 0 Å². The first-order valence-corrected chi connectivity index (χ1v) is 11.7. The maximum absolute atomic E-state index is 12.4. The molecule has 1 N–H and O–H groups in total. The number of rotatable bonds is 7. The molecular weight excluding hydrogens is 400 g/mol. The second-order valence-corrected chi connectivity index (χ2v) is 8.95. The van der Waals surface area contributed by atoms with Crippen molar-refractivity contribution in [1.82, 2.24) is 20.0 Å². The van der Waals surface area contributed by atoms with Crippen LogP contribution in [0.15, 0.2) is 48.5 Å². The van der Waals surface area contributed by atoms with Gasteiger partial charge in [0, 0.05) is 57.9 Å². The highest BCUT2D eigenvalue weighted by molar-refractivity contribution is 5.94. The molecule has 2 aliphatic heterocycles. The smallest absolute Gasteiger partial charge is 0.253 e. The number of hydrogen-bond donors (Lipinski definition) is 1. The zero-order chi connectivity index (χ0) is 22.3. The van der Waals surface area contributed by atoms with Crippen molar-refractivity contribution in [1.29, 1.82) is 0 Å². The van der Waals surface area contributed by atoms with Crippen LogP contribution in [-0.2, 0) is 17.9 Å². The van der Waals surface area contributed by atoms with E-state index in [4.69, 9.17) is 0 Å². The van der Waals surface area contributed by atoms with Crippen LogP contribution in [0.25, 0.3) is 0 Å². The molecule has 2 saturated heterocycles. The summed E-state index contributed by atoms with van der Waals surface area (Å²) in [5.41, 5.74) is 4.46. The molecule has 0 aliphatic carbocycles. The van der Waals surface area contributed by atoms with Gasteiger partial charge in [-0.05, 0) is 48.6 Å². The summed E-state index contributed by atoms with van der Waals surface area (Å²) in [6.07, 6.45) is 2.19. The van der Waals surface area contributed by atoms with E-state index in [1.807, 2.05) is 29.2 Å². The molecule has 6 nitrogen and oxygen atoms in total. The standard InChI is InChI=1S/C26H34N4O2/c1-21-6-2-3-7-24(21)19-28-14-16-29(17-15-28)20-25(31)27-18-22-8-10-23(11-9-22)26(32)30-12-4-5-13-30/h2-3,6-11H,4-5,12-20H2,1H3,(H,27,31). The van der Waals surface area contributed by atoms with Crippen LogP contribution >= 0.6 is 0 Å². The Labute approximate surface area is 191 Å². The van der Waals surface area contributed by atoms with Crippen molar-refractivity contribution in [2.24, 2.45) is 0 Å². The summed E-state index contributed by atoms with van der Waals surface area (Å²) in [5.74, 6) is 0.161. The van der Waals surface area contributed by atoms with Gasteiger partial charge in [-0.15, -0.1) is 0 Å². The molecule has 0 spiro atoms. The lowest BCUT2D eigenvalue weighted by molar-refractivity contribution is -0.122. The van der Waals surface area contributed by atoms with Crippen molar-refractivity contribution in [2.75, 3.05) is 45.8 Å². The van der Waals surface area contributed by atoms with Crippen molar-refractivity contribution in [3.8, 4) is 0 Å². The molecule has 2 fully saturated rings. The first-order valence-electron chi connectivity index (χ1n) is 11.7. The quantitative estimate of drug-likeness (QED) is 0.728. The van der Waals surface area contributed by atoms with Crippen LogP contribution in [0.2, 0.25) is 0 Å². The molecule has 2 amide bonds. The lowest BCUT2D eigenvalue weighted by Gasteiger charge is -2.34. The molecule has 32 heavy (non-hydrogen) atoms. The fourth-order valence-electron chi connectivity index (χ4n) is 4.46. The van der Waals surface area contributed by atoms with Crippen molar-refractivity contribution < 1.29 is 9.59 Å². The van der Waals surface area contributed by atoms with Gasteiger partial charge < -0.3 is 10.2 Å². The summed E-state index contributed by atoms with van der Waals surface area (Å²) in [6.45, 7) is 9.56. The molecule has 0 atom stereocenters. The fourth-order valence-corrected chi connectivity index (χ4v) is 4.46. The van der Waals surface area contributed by atoms with Gasteiger partial charge in [0.2, 0.25) is 5.91 Å². The summed E-state index contributed by atoms with van der Waals surface area (Å²) in [6, 6.07) is 16.2. The number of benzene rings is 2. The van der Waals surface area contributed by atoms with Crippen LogP contribution in [0.5, 0.6) is 0 Å². The minimum Gasteiger partial charge on any atom is -0.351 e. The van der Waals surface area contributed by atoms with Crippen LogP contribution in [0.1, 0.15) is 39.9 Å². The van der Waals surface area contributed by atoms with E-state index in [2.05, 4.69) is 46.3 Å². The van der Waals surface area contributed by atoms with E-state index in [0.717, 1.165) is 69.8 Å². The van der Waals surface area contributed by atoms with Gasteiger partial charge in [0.25, 0.3) is 5.91 Å². The molecule has 0 aromatic heterocycles. The van der Waals surface area contributed by atoms with Crippen molar-refractivity contribution in [3.05, 3.63) is 70.8 Å². The molecule has 0 saturated carbocycles. The first kappa shape index (κ1) is 22.5. The lowest BCUT2D eigenvalue weighted by Crippen LogP contribution is -2.49. The highest BCUT2D eigenvalue weighted by Gasteiger charge is 2.20. The molecule has 2 aliphatic rings. The maximum atomic E-state index is 12.4. The monoisotopic (exact) mass is 434 g/mol. The summed E-state index contributed by atoms with van der Waals surface area (Å²) in [5, 5.41) is 3.02. The number of nitrogens with one attached hydrogen (secondary N) is 1. The van der Waals surface area contributed by atoms with Gasteiger partial charge in [0.15, 0.2) is 0 Å². The number of amides is 2. The summed E-state index contributed by atoms with van der Waals surface area (Å²) < 4.78 is 0. The minimum absolute atomic E-state index is 0.0505. The van der Waals surface area contributed by atoms with Gasteiger partial charge in [-0.25, -0.2) is 0 Å². The number of hydrogen-bond acceptors (Lipinski definition) is 4. The second-order valence-electron chi connectivity index (χ2n) is 8.95. The third kappa shape index (κ3) is 5.96. The third-order valence-corrected chi connectivity index (χ3v) is 6.57. The summed E-state index contributed by atoms with van der Waals surface area (Å²) >= 11 is 0. The van der Waals surface area contributed by atoms with Crippen LogP contribution in [-0.4, -0.2) is 72.3 Å². The molecule has 0 bridgehead atoms. The Morgan fingerprint density at radius 3 is 2.19 bits per heavy atom. The van der Waals surface area contributed by atoms with Crippen molar-refractivity contribution >= 4 is 11.8 Å². The maximum Gasteiger partial charge on any atom is 0.253 e. The number of likely N-dealkylation sites (tertiary alicyclic amines) is 1. The van der Waals surface area contributed by atoms with Crippen LogP contribution in [0.4, 0.5) is 0 Å². The average molecular weight is 435 g/mol. The molecule has 170 valence electrons. The minimum atomic E-state index is 0.0505. The topological polar surface area (TPSA) is 55.9 Å². The SMILES string of the molecule is Cc1ccccc1CN1CCN(CC(=O)NCc2ccc(C(=O)N3CCCC3)cc2)CC1. The van der Waals surface area contributed by atoms with Crippen LogP contribution in [0, 0.1) is 6.92 Å². The third-order valence-electron chi connectivity index (χ3n) is 6.57. The highest BCUT2D eigenvalue weighted by atomic mass is 16.2. The Morgan fingerprint density at radius 1 is 0.844 bits per heavy atom. The van der Waals surface area contributed by atoms with Crippen LogP contribution < -0.4 is 5.32 Å². The summed E-state index contributed by atoms with van der Waals surface area (Å²) in [7, 11) is 0. The predicted octanol–water partition coefficient (Wildman–Crippen LogP) is 2.67. The van der Waals surface area contributed by atoms with Crippen molar-refractivity contribution in [2.45, 2.75) is 32.9 Å². The lowest BCUT2D eigenvalue weighted by atomic mass is 10.1. The number of carbonyl (C=O) groups is 2. The van der Waals surface area contributed by atoms with E-state index in [0.29, 0.717) is 13.1 Å². The largest absolute Gasteiger partial charge is 0.351 e. The number of carbonyl (C=O) groups excluding carboxylic acids is 2. The predicted molar refractivity (Wildman–Crippen MR) is 126 cm³/mol. The number of nitrogens with zero attached hydrogens (tertiary/aromatic N) is 3. The Balaban J connectivity index is 1.17. The van der Waals surface area contributed by atoms with E-state index >= 15 is 0 Å². The normalized spacial score (nSPS) is 17.5. The molecular formula is C26H34N4O2. The Hall–Kier alpha value is -2.70. The Morgan fingerprint density at radius 2 is 1.50 bits per heavy atom. The second kappa shape index (κ2) is 10.7. The van der Waals surface area contributed by atoms with E-state index in [9.17, 15) is 9.59 Å². The van der Waals surface area contributed by atoms with Gasteiger partial charge in [-0.1, -0.05) is 36.4 Å². The first-order chi connectivity index (χ1) is 15.6. The van der Waals surface area contributed by atoms with Gasteiger partial charge in [-0.2, -0.15) is 0 Å². The summed E-state index contributed by atoms with van der Waals surface area (Å²) in [4.78, 5) is 31.5. The zero-order valence-corrected chi connectivity index (χ0v) is 19.1. The number of aryl methyl sites for hydroxylation is 1. The highest BCUT2D eigenvalue weighted by Crippen LogP contribution is 2.14. The van der Waals surface area contributed by atoms with E-state index < -0.39 is 0 Å². The molecule has 2 heterocycles. The fraction of sp³-hybridized carbons (Fsp3) is 0.462. The van der Waals surface area contributed by atoms with Crippen LogP contribution in [0.3, 0.4) is 0 Å². The molecule has 0 unspecified atom stereocenters. The molecule has 6 heteroatoms. The zero-order valence-electron chi connectivity index (χ0n) is 19.1. The van der Waals surface area contributed by atoms with Crippen molar-refractivity contribution in [3.63, 3.8) is 0 Å². The molecule has 2 aromatic carbocycles.